The smallest absolute Gasteiger partial charge is 0.319 e. The van der Waals surface area contributed by atoms with Crippen LogP contribution in [0.3, 0.4) is 0 Å². The van der Waals surface area contributed by atoms with Gasteiger partial charge in [0.15, 0.2) is 5.76 Å². The molecular formula is C14H24N4O4S. The van der Waals surface area contributed by atoms with Crippen molar-refractivity contribution in [3.63, 3.8) is 0 Å². The van der Waals surface area contributed by atoms with Gasteiger partial charge >= 0.3 is 6.03 Å². The minimum absolute atomic E-state index is 0.000230. The van der Waals surface area contributed by atoms with Crippen molar-refractivity contribution >= 4 is 16.1 Å². The highest BCUT2D eigenvalue weighted by atomic mass is 32.2. The number of hydrogen-bond donors (Lipinski definition) is 1. The Morgan fingerprint density at radius 3 is 2.43 bits per heavy atom. The van der Waals surface area contributed by atoms with Crippen LogP contribution in [-0.2, 0) is 10.0 Å². The second-order valence-electron chi connectivity index (χ2n) is 6.11. The van der Waals surface area contributed by atoms with Gasteiger partial charge in [-0.3, -0.25) is 0 Å². The third-order valence-electron chi connectivity index (χ3n) is 4.07. The molecule has 0 atom stereocenters. The number of carbonyl (C=O) groups is 1. The molecule has 130 valence electrons. The molecule has 0 spiro atoms. The van der Waals surface area contributed by atoms with Crippen LogP contribution < -0.4 is 4.72 Å². The second-order valence-corrected chi connectivity index (χ2v) is 7.82. The van der Waals surface area contributed by atoms with Gasteiger partial charge in [0.2, 0.25) is 10.0 Å². The number of aromatic nitrogens is 1. The zero-order valence-corrected chi connectivity index (χ0v) is 14.8. The van der Waals surface area contributed by atoms with Crippen LogP contribution in [0.4, 0.5) is 4.79 Å². The largest absolute Gasteiger partial charge is 0.360 e. The standard InChI is InChI=1S/C14H24N4O4S/c1-10-13(11(2)22-16-10)23(20,21)15-9-12-5-7-18(8-6-12)14(19)17(3)4/h12,15H,5-9H2,1-4H3. The number of amides is 2. The molecule has 0 aromatic carbocycles. The first-order valence-corrected chi connectivity index (χ1v) is 9.09. The van der Waals surface area contributed by atoms with E-state index in [0.29, 0.717) is 31.1 Å². The molecule has 0 radical (unpaired) electrons. The second kappa shape index (κ2) is 6.88. The van der Waals surface area contributed by atoms with E-state index < -0.39 is 10.0 Å². The third-order valence-corrected chi connectivity index (χ3v) is 5.73. The van der Waals surface area contributed by atoms with Gasteiger partial charge in [-0.1, -0.05) is 5.16 Å². The molecule has 1 aliphatic heterocycles. The highest BCUT2D eigenvalue weighted by Gasteiger charge is 2.27. The highest BCUT2D eigenvalue weighted by molar-refractivity contribution is 7.89. The number of rotatable bonds is 4. The molecule has 0 saturated carbocycles. The van der Waals surface area contributed by atoms with E-state index in [1.165, 1.54) is 0 Å². The van der Waals surface area contributed by atoms with Crippen LogP contribution in [0.2, 0.25) is 0 Å². The number of nitrogens with zero attached hydrogens (tertiary/aromatic N) is 3. The average Bonchev–Trinajstić information content (AvgIpc) is 2.84. The summed E-state index contributed by atoms with van der Waals surface area (Å²) in [4.78, 5) is 15.3. The average molecular weight is 344 g/mol. The van der Waals surface area contributed by atoms with Crippen LogP contribution in [0, 0.1) is 19.8 Å². The van der Waals surface area contributed by atoms with E-state index >= 15 is 0 Å². The molecule has 9 heteroatoms. The van der Waals surface area contributed by atoms with E-state index in [1.807, 2.05) is 0 Å². The Kier molecular flexibility index (Phi) is 5.30. The van der Waals surface area contributed by atoms with Crippen LogP contribution in [-0.4, -0.2) is 63.1 Å². The first-order chi connectivity index (χ1) is 10.7. The van der Waals surface area contributed by atoms with E-state index in [0.717, 1.165) is 12.8 Å². The predicted octanol–water partition coefficient (Wildman–Crippen LogP) is 0.963. The Labute approximate surface area is 136 Å². The minimum Gasteiger partial charge on any atom is -0.360 e. The molecule has 1 aromatic heterocycles. The third kappa shape index (κ3) is 4.03. The van der Waals surface area contributed by atoms with Crippen LogP contribution in [0.1, 0.15) is 24.3 Å². The number of hydrogen-bond acceptors (Lipinski definition) is 5. The zero-order valence-electron chi connectivity index (χ0n) is 14.0. The van der Waals surface area contributed by atoms with Gasteiger partial charge in [0.05, 0.1) is 0 Å². The number of likely N-dealkylation sites (tertiary alicyclic amines) is 1. The fourth-order valence-corrected chi connectivity index (χ4v) is 4.21. The number of urea groups is 1. The molecule has 0 bridgehead atoms. The molecule has 0 aliphatic carbocycles. The first kappa shape index (κ1) is 17.7. The van der Waals surface area contributed by atoms with Gasteiger partial charge < -0.3 is 14.3 Å². The van der Waals surface area contributed by atoms with E-state index in [4.69, 9.17) is 4.52 Å². The Morgan fingerprint density at radius 2 is 1.96 bits per heavy atom. The van der Waals surface area contributed by atoms with Crippen molar-refractivity contribution in [2.75, 3.05) is 33.7 Å². The monoisotopic (exact) mass is 344 g/mol. The molecule has 1 saturated heterocycles. The van der Waals surface area contributed by atoms with E-state index in [2.05, 4.69) is 9.88 Å². The molecule has 23 heavy (non-hydrogen) atoms. The van der Waals surface area contributed by atoms with Gasteiger partial charge in [-0.25, -0.2) is 17.9 Å². The van der Waals surface area contributed by atoms with Gasteiger partial charge in [0.1, 0.15) is 10.6 Å². The van der Waals surface area contributed by atoms with Crippen molar-refractivity contribution in [3.8, 4) is 0 Å². The summed E-state index contributed by atoms with van der Waals surface area (Å²) in [6.07, 6.45) is 1.56. The van der Waals surface area contributed by atoms with Gasteiger partial charge in [-0.2, -0.15) is 0 Å². The van der Waals surface area contributed by atoms with Crippen LogP contribution in [0.15, 0.2) is 9.42 Å². The molecule has 8 nitrogen and oxygen atoms in total. The fourth-order valence-electron chi connectivity index (χ4n) is 2.77. The Bertz CT molecular complexity index is 641. The van der Waals surface area contributed by atoms with Crippen LogP contribution >= 0.6 is 0 Å². The summed E-state index contributed by atoms with van der Waals surface area (Å²) in [6.45, 7) is 4.84. The van der Waals surface area contributed by atoms with Crippen molar-refractivity contribution in [2.45, 2.75) is 31.6 Å². The van der Waals surface area contributed by atoms with Crippen molar-refractivity contribution < 1.29 is 17.7 Å². The maximum atomic E-state index is 12.4. The summed E-state index contributed by atoms with van der Waals surface area (Å²) >= 11 is 0. The predicted molar refractivity (Wildman–Crippen MR) is 84.5 cm³/mol. The number of sulfonamides is 1. The SMILES string of the molecule is Cc1noc(C)c1S(=O)(=O)NCC1CCN(C(=O)N(C)C)CC1. The number of aryl methyl sites for hydroxylation is 2. The summed E-state index contributed by atoms with van der Waals surface area (Å²) in [7, 11) is -0.159. The fraction of sp³-hybridized carbons (Fsp3) is 0.714. The molecule has 2 rings (SSSR count). The highest BCUT2D eigenvalue weighted by Crippen LogP contribution is 2.21. The molecule has 1 aliphatic rings. The maximum absolute atomic E-state index is 12.4. The van der Waals surface area contributed by atoms with Gasteiger partial charge in [0, 0.05) is 33.7 Å². The molecule has 0 unspecified atom stereocenters. The lowest BCUT2D eigenvalue weighted by molar-refractivity contribution is 0.148. The summed E-state index contributed by atoms with van der Waals surface area (Å²) in [5.41, 5.74) is 0.362. The summed E-state index contributed by atoms with van der Waals surface area (Å²) in [5, 5.41) is 3.68. The molecule has 1 fully saturated rings. The molecule has 1 N–H and O–H groups in total. The van der Waals surface area contributed by atoms with Crippen molar-refractivity contribution in [1.82, 2.24) is 19.7 Å². The van der Waals surface area contributed by atoms with Crippen LogP contribution in [0.25, 0.3) is 0 Å². The lowest BCUT2D eigenvalue weighted by Gasteiger charge is -2.33. The Balaban J connectivity index is 1.89. The lowest BCUT2D eigenvalue weighted by atomic mass is 9.97. The summed E-state index contributed by atoms with van der Waals surface area (Å²) < 4.78 is 32.3. The van der Waals surface area contributed by atoms with Gasteiger partial charge in [-0.05, 0) is 32.6 Å². The van der Waals surface area contributed by atoms with E-state index in [1.54, 1.807) is 37.7 Å². The quantitative estimate of drug-likeness (QED) is 0.878. The topological polar surface area (TPSA) is 95.7 Å². The lowest BCUT2D eigenvalue weighted by Crippen LogP contribution is -2.45. The van der Waals surface area contributed by atoms with Crippen molar-refractivity contribution in [1.29, 1.82) is 0 Å². The Morgan fingerprint density at radius 1 is 1.35 bits per heavy atom. The van der Waals surface area contributed by atoms with Crippen molar-refractivity contribution in [2.24, 2.45) is 5.92 Å². The van der Waals surface area contributed by atoms with Crippen molar-refractivity contribution in [3.05, 3.63) is 11.5 Å². The van der Waals surface area contributed by atoms with Crippen LogP contribution in [0.5, 0.6) is 0 Å². The normalized spacial score (nSPS) is 16.6. The summed E-state index contributed by atoms with van der Waals surface area (Å²) in [5.74, 6) is 0.512. The number of carbonyl (C=O) groups excluding carboxylic acids is 1. The molecule has 1 aromatic rings. The number of nitrogens with one attached hydrogen (secondary N) is 1. The zero-order chi connectivity index (χ0) is 17.2. The molecule has 2 heterocycles. The first-order valence-electron chi connectivity index (χ1n) is 7.61. The minimum atomic E-state index is -3.62. The summed E-state index contributed by atoms with van der Waals surface area (Å²) in [6, 6.07) is -0.000230. The van der Waals surface area contributed by atoms with E-state index in [-0.39, 0.29) is 16.8 Å². The number of piperidine rings is 1. The Hall–Kier alpha value is -1.61. The maximum Gasteiger partial charge on any atom is 0.319 e. The van der Waals surface area contributed by atoms with E-state index in [9.17, 15) is 13.2 Å². The molecular weight excluding hydrogens is 320 g/mol. The molecule has 2 amide bonds. The van der Waals surface area contributed by atoms with Gasteiger partial charge in [0.25, 0.3) is 0 Å². The van der Waals surface area contributed by atoms with Gasteiger partial charge in [-0.15, -0.1) is 0 Å².